The van der Waals surface area contributed by atoms with E-state index in [2.05, 4.69) is 6.92 Å². The molecule has 0 fully saturated rings. The molecule has 11 atom stereocenters. The first-order valence-corrected chi connectivity index (χ1v) is 26.6. The zero-order valence-electron chi connectivity index (χ0n) is 38.3. The third kappa shape index (κ3) is 25.2. The van der Waals surface area contributed by atoms with Crippen LogP contribution in [0.4, 0.5) is 0 Å². The number of carbonyl (C=O) groups excluding carboxylic acids is 3. The number of unbranched alkanes of at least 4 members (excludes halogenated alkanes) is 14. The molecule has 1 unspecified atom stereocenters. The highest BCUT2D eigenvalue weighted by Gasteiger charge is 2.50. The van der Waals surface area contributed by atoms with E-state index in [4.69, 9.17) is 23.0 Å². The lowest BCUT2D eigenvalue weighted by atomic mass is 9.87. The molecule has 0 aromatic carbocycles. The molecule has 0 aromatic heterocycles. The predicted octanol–water partition coefficient (Wildman–Crippen LogP) is 6.35. The number of phosphoric acid groups is 2. The maximum Gasteiger partial charge on any atom is 0.472 e. The van der Waals surface area contributed by atoms with Gasteiger partial charge in [0.25, 0.3) is 0 Å². The summed E-state index contributed by atoms with van der Waals surface area (Å²) in [6, 6.07) is 0. The van der Waals surface area contributed by atoms with E-state index in [1.54, 1.807) is 12.2 Å². The Balaban J connectivity index is 2.38. The van der Waals surface area contributed by atoms with Gasteiger partial charge in [0.1, 0.15) is 31.0 Å². The predicted molar refractivity (Wildman–Crippen MR) is 241 cm³/mol. The largest absolute Gasteiger partial charge is 0.472 e. The topological polar surface area (TPSA) is 293 Å². The molecule has 8 N–H and O–H groups in total. The average Bonchev–Trinajstić information content (AvgIpc) is 3.25. The summed E-state index contributed by atoms with van der Waals surface area (Å²) in [4.78, 5) is 70.3. The Kier molecular flexibility index (Phi) is 29.6. The minimum absolute atomic E-state index is 0.0183. The Bertz CT molecular complexity index is 1550. The van der Waals surface area contributed by atoms with Gasteiger partial charge in [-0.15, -0.1) is 0 Å². The molecule has 20 heteroatoms. The third-order valence-corrected chi connectivity index (χ3v) is 13.0. The van der Waals surface area contributed by atoms with Gasteiger partial charge in [0.05, 0.1) is 30.8 Å². The fourth-order valence-corrected chi connectivity index (χ4v) is 9.16. The lowest BCUT2D eigenvalue weighted by molar-refractivity contribution is -0.163. The number of aliphatic hydroxyl groups is 5. The van der Waals surface area contributed by atoms with Crippen molar-refractivity contribution in [2.45, 2.75) is 204 Å². The molecule has 1 aliphatic heterocycles. The molecule has 0 aromatic rings. The van der Waals surface area contributed by atoms with E-state index in [0.29, 0.717) is 25.7 Å². The second-order valence-corrected chi connectivity index (χ2v) is 19.7. The van der Waals surface area contributed by atoms with Crippen molar-refractivity contribution in [2.75, 3.05) is 13.2 Å². The molecule has 1 aliphatic carbocycles. The fraction of sp³-hybridized carbons (Fsp3) is 0.800. The molecule has 0 spiro atoms. The lowest BCUT2D eigenvalue weighted by Gasteiger charge is -2.38. The number of hydrogen-bond acceptors (Lipinski definition) is 15. The number of ketones is 1. The van der Waals surface area contributed by atoms with Crippen molar-refractivity contribution in [3.63, 3.8) is 0 Å². The number of fused-ring (bicyclic) bond motifs is 4. The summed E-state index contributed by atoms with van der Waals surface area (Å²) < 4.78 is 52.1. The van der Waals surface area contributed by atoms with Crippen molar-refractivity contribution in [1.29, 1.82) is 0 Å². The second kappa shape index (κ2) is 32.6. The SMILES string of the molecule is CCCCCCCCCCCCCCCC(=O)O[C@@H]1COC(=O)CCC/C=C\C[C@H]2/C=C\C(=O)[C@H](/C=C/[C@@H](O)CCCCC)[C@@H](O)[C@@H](OP(=O)(O)O)[C@@H](OP(=O)(O)OC1)[C@H](O)[C@@H](O)[C@@H]2O. The van der Waals surface area contributed by atoms with Crippen LogP contribution in [0.1, 0.15) is 155 Å². The van der Waals surface area contributed by atoms with Gasteiger partial charge < -0.3 is 49.7 Å². The van der Waals surface area contributed by atoms with Crippen LogP contribution in [0.2, 0.25) is 0 Å². The summed E-state index contributed by atoms with van der Waals surface area (Å²) in [5, 5.41) is 56.5. The van der Waals surface area contributed by atoms with Crippen LogP contribution in [0.15, 0.2) is 36.5 Å². The van der Waals surface area contributed by atoms with Crippen LogP contribution in [0.25, 0.3) is 0 Å². The Morgan fingerprint density at radius 3 is 2.06 bits per heavy atom. The minimum Gasteiger partial charge on any atom is -0.462 e. The van der Waals surface area contributed by atoms with Crippen LogP contribution >= 0.6 is 15.6 Å². The monoisotopic (exact) mass is 968 g/mol. The molecular formula is C45H78O18P2. The first-order chi connectivity index (χ1) is 30.9. The number of carbonyl (C=O) groups is 3. The number of phosphoric ester groups is 2. The molecule has 376 valence electrons. The molecule has 0 amide bonds. The zero-order chi connectivity index (χ0) is 48.3. The summed E-state index contributed by atoms with van der Waals surface area (Å²) in [7, 11) is -11.4. The van der Waals surface area contributed by atoms with Crippen LogP contribution in [-0.2, 0) is 46.6 Å². The number of aliphatic hydroxyl groups excluding tert-OH is 5. The molecule has 1 heterocycles. The van der Waals surface area contributed by atoms with E-state index < -0.39 is 107 Å². The summed E-state index contributed by atoms with van der Waals surface area (Å²) in [5.41, 5.74) is 0. The van der Waals surface area contributed by atoms with Gasteiger partial charge in [0, 0.05) is 18.8 Å². The molecule has 65 heavy (non-hydrogen) atoms. The Morgan fingerprint density at radius 2 is 1.45 bits per heavy atom. The Hall–Kier alpha value is -2.15. The maximum atomic E-state index is 13.8. The van der Waals surface area contributed by atoms with Crippen LogP contribution in [0, 0.1) is 11.8 Å². The van der Waals surface area contributed by atoms with E-state index in [-0.39, 0.29) is 25.7 Å². The van der Waals surface area contributed by atoms with Crippen LogP contribution in [-0.4, -0.2) is 120 Å². The number of esters is 2. The highest BCUT2D eigenvalue weighted by molar-refractivity contribution is 7.47. The van der Waals surface area contributed by atoms with Gasteiger partial charge in [-0.2, -0.15) is 0 Å². The van der Waals surface area contributed by atoms with Gasteiger partial charge >= 0.3 is 27.6 Å². The molecule has 0 radical (unpaired) electrons. The number of allylic oxidation sites excluding steroid dienone is 3. The van der Waals surface area contributed by atoms with Crippen molar-refractivity contribution in [3.8, 4) is 0 Å². The third-order valence-electron chi connectivity index (χ3n) is 11.5. The number of ether oxygens (including phenoxy) is 2. The lowest BCUT2D eigenvalue weighted by Crippen LogP contribution is -2.56. The number of rotatable bonds is 23. The summed E-state index contributed by atoms with van der Waals surface area (Å²) in [6.45, 7) is 2.59. The Morgan fingerprint density at radius 1 is 0.846 bits per heavy atom. The summed E-state index contributed by atoms with van der Waals surface area (Å²) in [6.07, 6.45) is 7.67. The first-order valence-electron chi connectivity index (χ1n) is 23.6. The van der Waals surface area contributed by atoms with Gasteiger partial charge in [0.2, 0.25) is 0 Å². The van der Waals surface area contributed by atoms with Crippen molar-refractivity contribution < 1.29 is 86.8 Å². The second-order valence-electron chi connectivity index (χ2n) is 17.1. The van der Waals surface area contributed by atoms with Gasteiger partial charge in [-0.3, -0.25) is 28.0 Å². The molecule has 2 bridgehead atoms. The van der Waals surface area contributed by atoms with Crippen molar-refractivity contribution >= 4 is 33.4 Å². The summed E-state index contributed by atoms with van der Waals surface area (Å²) >= 11 is 0. The van der Waals surface area contributed by atoms with Crippen molar-refractivity contribution in [2.24, 2.45) is 11.8 Å². The van der Waals surface area contributed by atoms with Gasteiger partial charge in [-0.1, -0.05) is 141 Å². The van der Waals surface area contributed by atoms with Crippen LogP contribution in [0.3, 0.4) is 0 Å². The van der Waals surface area contributed by atoms with Crippen LogP contribution in [0.5, 0.6) is 0 Å². The van der Waals surface area contributed by atoms with E-state index in [0.717, 1.165) is 57.1 Å². The standard InChI is InChI=1S/C45H78O18P2/c1-3-5-7-8-9-10-11-12-13-14-15-16-22-26-39(49)61-35-31-59-38(48)25-21-18-17-20-23-33-27-30-37(47)36(29-28-34(46)24-19-6-4-2)41(51)44(62-64(54,55)56)45(43(53)42(52)40(33)50)63-65(57,58)60-32-35/h17,20,27-30,33-36,40-46,50-53H,3-16,18-19,21-26,31-32H2,1-2H3,(H,57,58)(H2,54,55,56)/b20-17-,29-28+,30-27-/t33-,34-,35+,36-,40+,41+,42-,43+,44+,45-/m0/s1. The van der Waals surface area contributed by atoms with Gasteiger partial charge in [-0.05, 0) is 38.2 Å². The van der Waals surface area contributed by atoms with E-state index in [1.165, 1.54) is 57.1 Å². The fourth-order valence-electron chi connectivity index (χ4n) is 7.64. The number of cyclic esters (lactones) is 1. The van der Waals surface area contributed by atoms with Crippen molar-refractivity contribution in [1.82, 2.24) is 0 Å². The molecule has 0 saturated carbocycles. The first kappa shape index (κ1) is 59.0. The molecule has 0 saturated heterocycles. The van der Waals surface area contributed by atoms with E-state index >= 15 is 0 Å². The quantitative estimate of drug-likeness (QED) is 0.0240. The number of hydrogen-bond donors (Lipinski definition) is 8. The van der Waals surface area contributed by atoms with Gasteiger partial charge in [0.15, 0.2) is 11.9 Å². The molecule has 2 rings (SSSR count). The Labute approximate surface area is 384 Å². The minimum atomic E-state index is -5.75. The highest BCUT2D eigenvalue weighted by Crippen LogP contribution is 2.49. The van der Waals surface area contributed by atoms with Gasteiger partial charge in [-0.25, -0.2) is 9.13 Å². The van der Waals surface area contributed by atoms with Crippen molar-refractivity contribution in [3.05, 3.63) is 36.5 Å². The normalized spacial score (nSPS) is 30.8. The zero-order valence-corrected chi connectivity index (χ0v) is 40.1. The van der Waals surface area contributed by atoms with Crippen LogP contribution < -0.4 is 0 Å². The molecule has 2 aliphatic rings. The highest BCUT2D eigenvalue weighted by atomic mass is 31.2. The van der Waals surface area contributed by atoms with E-state index in [9.17, 15) is 63.7 Å². The maximum absolute atomic E-state index is 13.8. The van der Waals surface area contributed by atoms with E-state index in [1.807, 2.05) is 6.92 Å². The smallest absolute Gasteiger partial charge is 0.462 e. The average molecular weight is 969 g/mol. The summed E-state index contributed by atoms with van der Waals surface area (Å²) in [5.74, 6) is -5.29. The molecule has 18 nitrogen and oxygen atoms in total. The molecular weight excluding hydrogens is 890 g/mol.